The molecule has 1 aromatic heterocycles. The van der Waals surface area contributed by atoms with Crippen LogP contribution < -0.4 is 5.32 Å². The van der Waals surface area contributed by atoms with Crippen LogP contribution in [0.1, 0.15) is 19.3 Å². The molecule has 0 atom stereocenters. The third kappa shape index (κ3) is 3.36. The van der Waals surface area contributed by atoms with Gasteiger partial charge in [0, 0.05) is 10.6 Å². The number of hydrogen-bond acceptors (Lipinski definition) is 4. The molecule has 0 spiro atoms. The highest BCUT2D eigenvalue weighted by atomic mass is 32.2. The van der Waals surface area contributed by atoms with Gasteiger partial charge in [-0.25, -0.2) is 4.79 Å². The van der Waals surface area contributed by atoms with Crippen molar-refractivity contribution in [3.8, 4) is 0 Å². The lowest BCUT2D eigenvalue weighted by molar-refractivity contribution is 0.0702. The molecule has 19 heavy (non-hydrogen) atoms. The summed E-state index contributed by atoms with van der Waals surface area (Å²) < 4.78 is 0. The van der Waals surface area contributed by atoms with Gasteiger partial charge in [0.15, 0.2) is 0 Å². The molecule has 2 N–H and O–H groups in total. The first-order chi connectivity index (χ1) is 9.10. The molecule has 0 unspecified atom stereocenters. The Morgan fingerprint density at radius 3 is 2.58 bits per heavy atom. The number of carbonyl (C=O) groups excluding carboxylic acids is 1. The molecule has 2 rings (SSSR count). The molecule has 0 fully saturated rings. The molecule has 0 aliphatic carbocycles. The molecule has 1 amide bonds. The van der Waals surface area contributed by atoms with Crippen LogP contribution in [-0.2, 0) is 0 Å². The summed E-state index contributed by atoms with van der Waals surface area (Å²) >= 11 is 2.55. The van der Waals surface area contributed by atoms with E-state index in [0.29, 0.717) is 10.6 Å². The first-order valence-corrected chi connectivity index (χ1v) is 7.43. The van der Waals surface area contributed by atoms with Gasteiger partial charge in [0.2, 0.25) is 0 Å². The Hall–Kier alpha value is -1.79. The van der Waals surface area contributed by atoms with Crippen LogP contribution in [0.4, 0.5) is 5.69 Å². The van der Waals surface area contributed by atoms with Gasteiger partial charge in [-0.3, -0.25) is 4.79 Å². The largest absolute Gasteiger partial charge is 0.477 e. The number of anilines is 1. The summed E-state index contributed by atoms with van der Waals surface area (Å²) in [6.07, 6.45) is 1.96. The van der Waals surface area contributed by atoms with E-state index < -0.39 is 5.97 Å². The lowest BCUT2D eigenvalue weighted by Crippen LogP contribution is -2.09. The fourth-order valence-electron chi connectivity index (χ4n) is 1.47. The molecule has 0 aliphatic heterocycles. The molecule has 1 aromatic carbocycles. The number of hydrogen-bond donors (Lipinski definition) is 2. The number of carbonyl (C=O) groups is 2. The summed E-state index contributed by atoms with van der Waals surface area (Å²) in [6, 6.07) is 10.4. The fourth-order valence-corrected chi connectivity index (χ4v) is 2.67. The molecule has 98 valence electrons. The number of nitrogens with one attached hydrogen (secondary N) is 1. The monoisotopic (exact) mass is 293 g/mol. The van der Waals surface area contributed by atoms with Crippen molar-refractivity contribution < 1.29 is 14.7 Å². The number of benzene rings is 1. The minimum Gasteiger partial charge on any atom is -0.477 e. The predicted octanol–water partition coefficient (Wildman–Crippen LogP) is 3.42. The summed E-state index contributed by atoms with van der Waals surface area (Å²) in [5, 5.41) is 11.6. The molecule has 0 saturated carbocycles. The van der Waals surface area contributed by atoms with Crippen LogP contribution in [0, 0.1) is 0 Å². The van der Waals surface area contributed by atoms with E-state index in [0.717, 1.165) is 16.2 Å². The van der Waals surface area contributed by atoms with Crippen molar-refractivity contribution in [2.75, 3.05) is 11.6 Å². The number of aromatic carboxylic acids is 1. The predicted molar refractivity (Wildman–Crippen MR) is 77.5 cm³/mol. The third-order valence-corrected chi connectivity index (χ3v) is 4.17. The highest BCUT2D eigenvalue weighted by Gasteiger charge is 2.13. The van der Waals surface area contributed by atoms with Crippen molar-refractivity contribution in [1.29, 1.82) is 0 Å². The van der Waals surface area contributed by atoms with Gasteiger partial charge in [-0.15, -0.1) is 23.1 Å². The van der Waals surface area contributed by atoms with Crippen molar-refractivity contribution in [3.63, 3.8) is 0 Å². The third-order valence-electron chi connectivity index (χ3n) is 2.37. The Balaban J connectivity index is 2.13. The summed E-state index contributed by atoms with van der Waals surface area (Å²) in [6.45, 7) is 0. The Morgan fingerprint density at radius 1 is 1.21 bits per heavy atom. The zero-order chi connectivity index (χ0) is 13.8. The average molecular weight is 293 g/mol. The lowest BCUT2D eigenvalue weighted by Gasteiger charge is -2.04. The number of thioether (sulfide) groups is 1. The van der Waals surface area contributed by atoms with E-state index in [2.05, 4.69) is 5.32 Å². The maximum Gasteiger partial charge on any atom is 0.345 e. The van der Waals surface area contributed by atoms with Crippen molar-refractivity contribution in [1.82, 2.24) is 0 Å². The van der Waals surface area contributed by atoms with Gasteiger partial charge in [-0.2, -0.15) is 0 Å². The number of carboxylic acids is 1. The molecule has 0 bridgehead atoms. The number of thiophene rings is 1. The van der Waals surface area contributed by atoms with Crippen molar-refractivity contribution >= 4 is 40.7 Å². The van der Waals surface area contributed by atoms with Crippen molar-refractivity contribution in [2.45, 2.75) is 4.90 Å². The smallest absolute Gasteiger partial charge is 0.345 e. The highest BCUT2D eigenvalue weighted by Crippen LogP contribution is 2.21. The van der Waals surface area contributed by atoms with E-state index in [4.69, 9.17) is 5.11 Å². The molecule has 6 heteroatoms. The molecule has 2 aromatic rings. The lowest BCUT2D eigenvalue weighted by atomic mass is 10.3. The minimum atomic E-state index is -1.02. The van der Waals surface area contributed by atoms with Gasteiger partial charge >= 0.3 is 5.97 Å². The van der Waals surface area contributed by atoms with Gasteiger partial charge < -0.3 is 10.4 Å². The highest BCUT2D eigenvalue weighted by molar-refractivity contribution is 7.98. The molecular weight excluding hydrogens is 282 g/mol. The Bertz CT molecular complexity index is 622. The number of rotatable bonds is 4. The second-order valence-electron chi connectivity index (χ2n) is 3.66. The van der Waals surface area contributed by atoms with Gasteiger partial charge in [-0.05, 0) is 36.6 Å². The standard InChI is InChI=1S/C13H11NO3S2/c1-18-9-4-2-3-8(7-9)14-12(15)10-5-6-11(19-10)13(16)17/h2-7H,1H3,(H,14,15)(H,16,17). The van der Waals surface area contributed by atoms with Crippen LogP contribution >= 0.6 is 23.1 Å². The van der Waals surface area contributed by atoms with Crippen LogP contribution in [0.15, 0.2) is 41.3 Å². The second-order valence-corrected chi connectivity index (χ2v) is 5.62. The van der Waals surface area contributed by atoms with Crippen molar-refractivity contribution in [3.05, 3.63) is 46.2 Å². The van der Waals surface area contributed by atoms with E-state index in [-0.39, 0.29) is 10.8 Å². The Labute approximate surface area is 118 Å². The SMILES string of the molecule is CSc1cccc(NC(=O)c2ccc(C(=O)O)s2)c1. The molecule has 0 radical (unpaired) electrons. The van der Waals surface area contributed by atoms with E-state index in [9.17, 15) is 9.59 Å². The van der Waals surface area contributed by atoms with Crippen LogP contribution in [0.5, 0.6) is 0 Å². The van der Waals surface area contributed by atoms with Crippen LogP contribution in [0.3, 0.4) is 0 Å². The second kappa shape index (κ2) is 5.90. The Morgan fingerprint density at radius 2 is 1.95 bits per heavy atom. The zero-order valence-corrected chi connectivity index (χ0v) is 11.7. The van der Waals surface area contributed by atoms with E-state index in [1.165, 1.54) is 12.1 Å². The molecule has 4 nitrogen and oxygen atoms in total. The van der Waals surface area contributed by atoms with Gasteiger partial charge in [0.05, 0.1) is 4.88 Å². The number of carboxylic acid groups (broad SMARTS) is 1. The van der Waals surface area contributed by atoms with Crippen LogP contribution in [0.2, 0.25) is 0 Å². The average Bonchev–Trinajstić information content (AvgIpc) is 2.89. The minimum absolute atomic E-state index is 0.156. The van der Waals surface area contributed by atoms with Gasteiger partial charge in [-0.1, -0.05) is 6.07 Å². The van der Waals surface area contributed by atoms with Crippen LogP contribution in [0.25, 0.3) is 0 Å². The quantitative estimate of drug-likeness (QED) is 0.848. The number of amides is 1. The van der Waals surface area contributed by atoms with Gasteiger partial charge in [0.25, 0.3) is 5.91 Å². The molecular formula is C13H11NO3S2. The molecule has 0 saturated heterocycles. The van der Waals surface area contributed by atoms with E-state index in [1.807, 2.05) is 24.5 Å². The summed E-state index contributed by atoms with van der Waals surface area (Å²) in [5.41, 5.74) is 0.696. The molecule has 1 heterocycles. The molecule has 0 aliphatic rings. The fraction of sp³-hybridized carbons (Fsp3) is 0.0769. The first-order valence-electron chi connectivity index (χ1n) is 5.38. The maximum absolute atomic E-state index is 11.9. The summed E-state index contributed by atoms with van der Waals surface area (Å²) in [4.78, 5) is 24.3. The van der Waals surface area contributed by atoms with E-state index in [1.54, 1.807) is 17.8 Å². The summed E-state index contributed by atoms with van der Waals surface area (Å²) in [5.74, 6) is -1.32. The Kier molecular flexibility index (Phi) is 4.24. The topological polar surface area (TPSA) is 66.4 Å². The van der Waals surface area contributed by atoms with Gasteiger partial charge in [0.1, 0.15) is 4.88 Å². The van der Waals surface area contributed by atoms with Crippen molar-refractivity contribution in [2.24, 2.45) is 0 Å². The zero-order valence-electron chi connectivity index (χ0n) is 10.0. The maximum atomic E-state index is 11.9. The first kappa shape index (κ1) is 13.6. The normalized spacial score (nSPS) is 10.2. The van der Waals surface area contributed by atoms with E-state index >= 15 is 0 Å². The van der Waals surface area contributed by atoms with Crippen LogP contribution in [-0.4, -0.2) is 23.2 Å². The summed E-state index contributed by atoms with van der Waals surface area (Å²) in [7, 11) is 0.